The van der Waals surface area contributed by atoms with E-state index in [-0.39, 0.29) is 12.0 Å². The fourth-order valence-electron chi connectivity index (χ4n) is 3.35. The summed E-state index contributed by atoms with van der Waals surface area (Å²) in [5.41, 5.74) is 4.20. The van der Waals surface area contributed by atoms with Crippen LogP contribution in [0.5, 0.6) is 0 Å². The molecule has 2 aromatic rings. The molecule has 0 fully saturated rings. The quantitative estimate of drug-likeness (QED) is 0.345. The number of aryl methyl sites for hydroxylation is 1. The van der Waals surface area contributed by atoms with Crippen molar-refractivity contribution in [2.24, 2.45) is 10.9 Å². The molecular formula is C28H39N3O3. The molecule has 0 aliphatic carbocycles. The Hall–Kier alpha value is -3.15. The van der Waals surface area contributed by atoms with Gasteiger partial charge in [-0.1, -0.05) is 44.2 Å². The minimum Gasteiger partial charge on any atom is -0.444 e. The second-order valence-corrected chi connectivity index (χ2v) is 10.3. The Labute approximate surface area is 204 Å². The van der Waals surface area contributed by atoms with Crippen molar-refractivity contribution in [3.05, 3.63) is 59.2 Å². The van der Waals surface area contributed by atoms with Gasteiger partial charge in [0.15, 0.2) is 0 Å². The lowest BCUT2D eigenvalue weighted by Crippen LogP contribution is -2.37. The van der Waals surface area contributed by atoms with Crippen molar-refractivity contribution in [2.75, 3.05) is 20.6 Å². The molecule has 0 unspecified atom stereocenters. The minimum atomic E-state index is -0.528. The largest absolute Gasteiger partial charge is 0.444 e. The van der Waals surface area contributed by atoms with Crippen LogP contribution in [-0.4, -0.2) is 54.4 Å². The first kappa shape index (κ1) is 27.1. The molecule has 0 atom stereocenters. The van der Waals surface area contributed by atoms with Crippen LogP contribution in [0.2, 0.25) is 0 Å². The van der Waals surface area contributed by atoms with E-state index in [2.05, 4.69) is 31.0 Å². The van der Waals surface area contributed by atoms with Gasteiger partial charge in [-0.2, -0.15) is 4.99 Å². The number of hydrogen-bond acceptors (Lipinski definition) is 3. The number of ether oxygens (including phenoxy) is 1. The van der Waals surface area contributed by atoms with Crippen molar-refractivity contribution in [1.82, 2.24) is 9.80 Å². The first-order valence-electron chi connectivity index (χ1n) is 11.8. The third kappa shape index (κ3) is 8.65. The van der Waals surface area contributed by atoms with E-state index in [0.29, 0.717) is 24.6 Å². The Balaban J connectivity index is 2.17. The lowest BCUT2D eigenvalue weighted by molar-refractivity contribution is 0.0225. The van der Waals surface area contributed by atoms with E-state index in [0.717, 1.165) is 28.7 Å². The topological polar surface area (TPSA) is 62.2 Å². The number of aliphatic imine (C=N–C) groups is 1. The van der Waals surface area contributed by atoms with Crippen LogP contribution >= 0.6 is 0 Å². The monoisotopic (exact) mass is 465 g/mol. The zero-order valence-electron chi connectivity index (χ0n) is 21.9. The summed E-state index contributed by atoms with van der Waals surface area (Å²) in [6.07, 6.45) is 2.14. The molecule has 2 amide bonds. The van der Waals surface area contributed by atoms with Gasteiger partial charge in [-0.05, 0) is 74.4 Å². The summed E-state index contributed by atoms with van der Waals surface area (Å²) >= 11 is 0. The van der Waals surface area contributed by atoms with Crippen LogP contribution in [0.1, 0.15) is 62.5 Å². The van der Waals surface area contributed by atoms with E-state index in [1.165, 1.54) is 6.34 Å². The molecule has 0 heterocycles. The molecule has 6 nitrogen and oxygen atoms in total. The summed E-state index contributed by atoms with van der Waals surface area (Å²) in [7, 11) is 3.65. The molecule has 34 heavy (non-hydrogen) atoms. The molecule has 0 aliphatic heterocycles. The average molecular weight is 466 g/mol. The maximum Gasteiger partial charge on any atom is 0.410 e. The van der Waals surface area contributed by atoms with Gasteiger partial charge in [0.25, 0.3) is 5.91 Å². The van der Waals surface area contributed by atoms with Crippen molar-refractivity contribution in [2.45, 2.75) is 60.1 Å². The fraction of sp³-hybridized carbons (Fsp3) is 0.464. The van der Waals surface area contributed by atoms with Crippen LogP contribution in [-0.2, 0) is 11.3 Å². The van der Waals surface area contributed by atoms with Gasteiger partial charge in [-0.25, -0.2) is 4.79 Å². The van der Waals surface area contributed by atoms with Gasteiger partial charge in [-0.3, -0.25) is 4.79 Å². The van der Waals surface area contributed by atoms with Gasteiger partial charge in [0.1, 0.15) is 5.60 Å². The van der Waals surface area contributed by atoms with Gasteiger partial charge in [0, 0.05) is 32.7 Å². The summed E-state index contributed by atoms with van der Waals surface area (Å²) in [5.74, 6) is 0.237. The van der Waals surface area contributed by atoms with Crippen molar-refractivity contribution < 1.29 is 14.3 Å². The molecule has 2 rings (SSSR count). The molecule has 0 aliphatic rings. The van der Waals surface area contributed by atoms with E-state index in [4.69, 9.17) is 4.74 Å². The number of benzene rings is 2. The van der Waals surface area contributed by atoms with Gasteiger partial charge in [0.2, 0.25) is 0 Å². The summed E-state index contributed by atoms with van der Waals surface area (Å²) < 4.78 is 5.62. The normalized spacial score (nSPS) is 11.7. The molecule has 0 aromatic heterocycles. The van der Waals surface area contributed by atoms with Gasteiger partial charge in [-0.15, -0.1) is 0 Å². The maximum absolute atomic E-state index is 12.7. The lowest BCUT2D eigenvalue weighted by atomic mass is 9.97. The SMILES string of the molecule is Cc1cc(C(=O)N=CN(C)C)ccc1-c1ccc(CN(CCC(C)C)C(=O)OC(C)(C)C)cc1. The first-order chi connectivity index (χ1) is 15.9. The number of carbonyl (C=O) groups excluding carboxylic acids is 2. The number of hydrogen-bond donors (Lipinski definition) is 0. The second kappa shape index (κ2) is 11.8. The highest BCUT2D eigenvalue weighted by atomic mass is 16.6. The second-order valence-electron chi connectivity index (χ2n) is 10.3. The molecule has 0 spiro atoms. The highest BCUT2D eigenvalue weighted by molar-refractivity contribution is 5.99. The van der Waals surface area contributed by atoms with Crippen molar-refractivity contribution in [3.8, 4) is 11.1 Å². The smallest absolute Gasteiger partial charge is 0.410 e. The third-order valence-electron chi connectivity index (χ3n) is 5.15. The molecule has 184 valence electrons. The van der Waals surface area contributed by atoms with E-state index in [1.54, 1.807) is 9.80 Å². The van der Waals surface area contributed by atoms with E-state index >= 15 is 0 Å². The fourth-order valence-corrected chi connectivity index (χ4v) is 3.35. The lowest BCUT2D eigenvalue weighted by Gasteiger charge is -2.28. The van der Waals surface area contributed by atoms with Crippen LogP contribution in [0.25, 0.3) is 11.1 Å². The molecule has 0 bridgehead atoms. The third-order valence-corrected chi connectivity index (χ3v) is 5.15. The molecule has 0 N–H and O–H groups in total. The Morgan fingerprint density at radius 3 is 2.24 bits per heavy atom. The Kier molecular flexibility index (Phi) is 9.42. The van der Waals surface area contributed by atoms with E-state index < -0.39 is 5.60 Å². The summed E-state index contributed by atoms with van der Waals surface area (Å²) in [5, 5.41) is 0. The number of rotatable bonds is 8. The Morgan fingerprint density at radius 2 is 1.71 bits per heavy atom. The highest BCUT2D eigenvalue weighted by Gasteiger charge is 2.22. The van der Waals surface area contributed by atoms with Crippen molar-refractivity contribution in [3.63, 3.8) is 0 Å². The zero-order chi connectivity index (χ0) is 25.5. The molecule has 2 aromatic carbocycles. The average Bonchev–Trinajstić information content (AvgIpc) is 2.74. The van der Waals surface area contributed by atoms with Crippen molar-refractivity contribution in [1.29, 1.82) is 0 Å². The van der Waals surface area contributed by atoms with Gasteiger partial charge < -0.3 is 14.5 Å². The predicted octanol–water partition coefficient (Wildman–Crippen LogP) is 6.18. The highest BCUT2D eigenvalue weighted by Crippen LogP contribution is 2.25. The minimum absolute atomic E-state index is 0.262. The Morgan fingerprint density at radius 1 is 1.06 bits per heavy atom. The van der Waals surface area contributed by atoms with Gasteiger partial charge >= 0.3 is 6.09 Å². The maximum atomic E-state index is 12.7. The van der Waals surface area contributed by atoms with Crippen LogP contribution in [0, 0.1) is 12.8 Å². The standard InChI is InChI=1S/C28H39N3O3/c1-20(2)15-16-31(27(33)34-28(4,5)6)18-22-9-11-23(12-10-22)25-14-13-24(17-21(25)3)26(32)29-19-30(7)8/h9-14,17,19-20H,15-16,18H2,1-8H3. The first-order valence-corrected chi connectivity index (χ1v) is 11.8. The molecule has 6 heteroatoms. The van der Waals surface area contributed by atoms with Crippen LogP contribution < -0.4 is 0 Å². The molecule has 0 radical (unpaired) electrons. The summed E-state index contributed by atoms with van der Waals surface area (Å²) in [4.78, 5) is 32.5. The summed E-state index contributed by atoms with van der Waals surface area (Å²) in [6, 6.07) is 13.8. The molecular weight excluding hydrogens is 426 g/mol. The number of nitrogens with zero attached hydrogens (tertiary/aromatic N) is 3. The van der Waals surface area contributed by atoms with Crippen LogP contribution in [0.4, 0.5) is 4.79 Å². The van der Waals surface area contributed by atoms with Crippen LogP contribution in [0.15, 0.2) is 47.5 Å². The van der Waals surface area contributed by atoms with E-state index in [9.17, 15) is 9.59 Å². The molecule has 0 saturated heterocycles. The van der Waals surface area contributed by atoms with E-state index in [1.807, 2.05) is 72.1 Å². The van der Waals surface area contributed by atoms with Crippen molar-refractivity contribution >= 4 is 18.3 Å². The number of amides is 2. The predicted molar refractivity (Wildman–Crippen MR) is 139 cm³/mol. The zero-order valence-corrected chi connectivity index (χ0v) is 21.9. The number of carbonyl (C=O) groups is 2. The summed E-state index contributed by atoms with van der Waals surface area (Å²) in [6.45, 7) is 13.1. The molecule has 0 saturated carbocycles. The van der Waals surface area contributed by atoms with Crippen LogP contribution in [0.3, 0.4) is 0 Å². The van der Waals surface area contributed by atoms with Gasteiger partial charge in [0.05, 0.1) is 6.34 Å². The Bertz CT molecular complexity index is 1000.